The molecule has 0 fully saturated rings. The molecule has 120 valence electrons. The number of guanidine groups is 1. The van der Waals surface area contributed by atoms with E-state index in [0.29, 0.717) is 18.9 Å². The average molecular weight is 297 g/mol. The number of rotatable bonds is 9. The fourth-order valence-corrected chi connectivity index (χ4v) is 1.63. The van der Waals surface area contributed by atoms with E-state index in [9.17, 15) is 0 Å². The van der Waals surface area contributed by atoms with Gasteiger partial charge in [-0.25, -0.2) is 0 Å². The second-order valence-electron chi connectivity index (χ2n) is 4.98. The Hall–Kier alpha value is -1.63. The van der Waals surface area contributed by atoms with Crippen LogP contribution in [0.15, 0.2) is 9.52 Å². The molecule has 0 spiro atoms. The van der Waals surface area contributed by atoms with Gasteiger partial charge >= 0.3 is 0 Å². The lowest BCUT2D eigenvalue weighted by molar-refractivity contribution is 0.197. The first kappa shape index (κ1) is 17.4. The summed E-state index contributed by atoms with van der Waals surface area (Å²) in [5.41, 5.74) is 0. The van der Waals surface area contributed by atoms with Crippen LogP contribution in [-0.2, 0) is 11.2 Å². The van der Waals surface area contributed by atoms with Gasteiger partial charge in [0.1, 0.15) is 0 Å². The van der Waals surface area contributed by atoms with Crippen molar-refractivity contribution in [3.63, 3.8) is 0 Å². The highest BCUT2D eigenvalue weighted by atomic mass is 16.5. The van der Waals surface area contributed by atoms with E-state index in [0.717, 1.165) is 37.9 Å². The number of nitrogens with zero attached hydrogens (tertiary/aromatic N) is 3. The Bertz CT molecular complexity index is 417. The zero-order valence-electron chi connectivity index (χ0n) is 13.5. The number of aromatic nitrogens is 2. The van der Waals surface area contributed by atoms with Crippen LogP contribution in [0, 0.1) is 0 Å². The third-order valence-corrected chi connectivity index (χ3v) is 2.75. The minimum atomic E-state index is 0.287. The minimum Gasteiger partial charge on any atom is -0.385 e. The molecule has 0 amide bonds. The van der Waals surface area contributed by atoms with Crippen molar-refractivity contribution in [2.75, 3.05) is 33.4 Å². The summed E-state index contributed by atoms with van der Waals surface area (Å²) in [4.78, 5) is 8.81. The third kappa shape index (κ3) is 7.08. The van der Waals surface area contributed by atoms with Gasteiger partial charge in [0.05, 0.1) is 0 Å². The van der Waals surface area contributed by atoms with Crippen LogP contribution in [0.1, 0.15) is 44.8 Å². The molecular weight excluding hydrogens is 270 g/mol. The first-order chi connectivity index (χ1) is 10.2. The maximum Gasteiger partial charge on any atom is 0.228 e. The normalized spacial score (nSPS) is 12.0. The van der Waals surface area contributed by atoms with Crippen molar-refractivity contribution in [3.05, 3.63) is 11.7 Å². The molecule has 1 aromatic heterocycles. The molecule has 0 aliphatic rings. The molecule has 7 heteroatoms. The van der Waals surface area contributed by atoms with Gasteiger partial charge in [0, 0.05) is 45.7 Å². The van der Waals surface area contributed by atoms with Gasteiger partial charge in [0.2, 0.25) is 5.89 Å². The highest BCUT2D eigenvalue weighted by molar-refractivity contribution is 5.79. The molecule has 0 saturated heterocycles. The molecule has 0 atom stereocenters. The first-order valence-electron chi connectivity index (χ1n) is 7.51. The predicted molar refractivity (Wildman–Crippen MR) is 82.6 cm³/mol. The highest BCUT2D eigenvalue weighted by Gasteiger charge is 2.09. The molecule has 21 heavy (non-hydrogen) atoms. The Kier molecular flexibility index (Phi) is 8.42. The quantitative estimate of drug-likeness (QED) is 0.406. The average Bonchev–Trinajstić information content (AvgIpc) is 2.92. The van der Waals surface area contributed by atoms with Crippen molar-refractivity contribution in [1.82, 2.24) is 20.8 Å². The Morgan fingerprint density at radius 1 is 1.38 bits per heavy atom. The van der Waals surface area contributed by atoms with Crippen molar-refractivity contribution in [2.24, 2.45) is 4.99 Å². The summed E-state index contributed by atoms with van der Waals surface area (Å²) < 4.78 is 10.2. The van der Waals surface area contributed by atoms with Gasteiger partial charge in [0.25, 0.3) is 0 Å². The second-order valence-corrected chi connectivity index (χ2v) is 4.98. The molecule has 1 aromatic rings. The van der Waals surface area contributed by atoms with E-state index in [1.54, 1.807) is 7.11 Å². The number of methoxy groups -OCH3 is 1. The topological polar surface area (TPSA) is 84.6 Å². The number of hydrogen-bond donors (Lipinski definition) is 2. The van der Waals surface area contributed by atoms with Gasteiger partial charge in [-0.3, -0.25) is 4.99 Å². The van der Waals surface area contributed by atoms with Gasteiger partial charge in [-0.05, 0) is 13.3 Å². The molecule has 1 rings (SSSR count). The van der Waals surface area contributed by atoms with Crippen LogP contribution in [-0.4, -0.2) is 49.5 Å². The van der Waals surface area contributed by atoms with Crippen molar-refractivity contribution < 1.29 is 9.26 Å². The van der Waals surface area contributed by atoms with E-state index in [-0.39, 0.29) is 5.92 Å². The smallest absolute Gasteiger partial charge is 0.228 e. The van der Waals surface area contributed by atoms with Crippen molar-refractivity contribution >= 4 is 5.96 Å². The van der Waals surface area contributed by atoms with Gasteiger partial charge in [0.15, 0.2) is 11.8 Å². The van der Waals surface area contributed by atoms with E-state index in [1.807, 2.05) is 20.8 Å². The first-order valence-corrected chi connectivity index (χ1v) is 7.51. The van der Waals surface area contributed by atoms with Crippen LogP contribution < -0.4 is 10.6 Å². The monoisotopic (exact) mass is 297 g/mol. The maximum absolute atomic E-state index is 5.20. The summed E-state index contributed by atoms with van der Waals surface area (Å²) in [5.74, 6) is 2.50. The van der Waals surface area contributed by atoms with Gasteiger partial charge < -0.3 is 19.9 Å². The minimum absolute atomic E-state index is 0.287. The molecule has 0 bridgehead atoms. The fourth-order valence-electron chi connectivity index (χ4n) is 1.63. The highest BCUT2D eigenvalue weighted by Crippen LogP contribution is 2.09. The van der Waals surface area contributed by atoms with Gasteiger partial charge in [-0.15, -0.1) is 0 Å². The summed E-state index contributed by atoms with van der Waals surface area (Å²) in [5, 5.41) is 10.4. The molecule has 0 aliphatic heterocycles. The standard InChI is InChI=1S/C14H27N5O2/c1-5-15-14(16-8-6-10-20-4)17-9-7-12-18-13(11(2)3)19-21-12/h11H,5-10H2,1-4H3,(H2,15,16,17). The van der Waals surface area contributed by atoms with Crippen molar-refractivity contribution in [3.8, 4) is 0 Å². The lowest BCUT2D eigenvalue weighted by atomic mass is 10.2. The third-order valence-electron chi connectivity index (χ3n) is 2.75. The molecule has 7 nitrogen and oxygen atoms in total. The number of ether oxygens (including phenoxy) is 1. The summed E-state index contributed by atoms with van der Waals surface area (Å²) >= 11 is 0. The number of hydrogen-bond acceptors (Lipinski definition) is 5. The van der Waals surface area contributed by atoms with Gasteiger partial charge in [-0.1, -0.05) is 19.0 Å². The van der Waals surface area contributed by atoms with E-state index in [1.165, 1.54) is 0 Å². The maximum atomic E-state index is 5.20. The van der Waals surface area contributed by atoms with Crippen molar-refractivity contribution in [2.45, 2.75) is 39.5 Å². The molecular formula is C14H27N5O2. The van der Waals surface area contributed by atoms with Crippen LogP contribution in [0.3, 0.4) is 0 Å². The summed E-state index contributed by atoms with van der Waals surface area (Å²) in [6.45, 7) is 9.12. The summed E-state index contributed by atoms with van der Waals surface area (Å²) in [6.07, 6.45) is 1.59. The predicted octanol–water partition coefficient (Wildman–Crippen LogP) is 1.33. The van der Waals surface area contributed by atoms with Crippen LogP contribution in [0.2, 0.25) is 0 Å². The fraction of sp³-hybridized carbons (Fsp3) is 0.786. The second kappa shape index (κ2) is 10.1. The largest absolute Gasteiger partial charge is 0.385 e. The molecule has 0 aromatic carbocycles. The zero-order valence-corrected chi connectivity index (χ0v) is 13.5. The van der Waals surface area contributed by atoms with Crippen molar-refractivity contribution in [1.29, 1.82) is 0 Å². The molecule has 0 saturated carbocycles. The van der Waals surface area contributed by atoms with E-state index in [2.05, 4.69) is 25.8 Å². The Labute approximate surface area is 126 Å². The van der Waals surface area contributed by atoms with E-state index < -0.39 is 0 Å². The molecule has 0 radical (unpaired) electrons. The lowest BCUT2D eigenvalue weighted by Gasteiger charge is -2.10. The Balaban J connectivity index is 2.34. The molecule has 1 heterocycles. The lowest BCUT2D eigenvalue weighted by Crippen LogP contribution is -2.38. The number of nitrogens with one attached hydrogen (secondary N) is 2. The molecule has 0 aliphatic carbocycles. The van der Waals surface area contributed by atoms with Crippen LogP contribution >= 0.6 is 0 Å². The molecule has 0 unspecified atom stereocenters. The summed E-state index contributed by atoms with van der Waals surface area (Å²) in [7, 11) is 1.70. The summed E-state index contributed by atoms with van der Waals surface area (Å²) in [6, 6.07) is 0. The Morgan fingerprint density at radius 2 is 2.19 bits per heavy atom. The van der Waals surface area contributed by atoms with E-state index >= 15 is 0 Å². The van der Waals surface area contributed by atoms with Gasteiger partial charge in [-0.2, -0.15) is 4.98 Å². The zero-order chi connectivity index (χ0) is 15.5. The molecule has 2 N–H and O–H groups in total. The van der Waals surface area contributed by atoms with E-state index in [4.69, 9.17) is 9.26 Å². The van der Waals surface area contributed by atoms with Crippen LogP contribution in [0.25, 0.3) is 0 Å². The Morgan fingerprint density at radius 3 is 2.81 bits per heavy atom. The number of aliphatic imine (C=N–C) groups is 1. The van der Waals surface area contributed by atoms with Crippen LogP contribution in [0.5, 0.6) is 0 Å². The SMILES string of the molecule is CCNC(=NCCCOC)NCCc1nc(C(C)C)no1. The van der Waals surface area contributed by atoms with Crippen LogP contribution in [0.4, 0.5) is 0 Å².